The predicted octanol–water partition coefficient (Wildman–Crippen LogP) is 3.62. The van der Waals surface area contributed by atoms with Crippen LogP contribution in [0.15, 0.2) is 24.3 Å². The van der Waals surface area contributed by atoms with Crippen molar-refractivity contribution >= 4 is 5.82 Å². The average Bonchev–Trinajstić information content (AvgIpc) is 2.45. The van der Waals surface area contributed by atoms with Gasteiger partial charge >= 0.3 is 0 Å². The van der Waals surface area contributed by atoms with Crippen LogP contribution < -0.4 is 5.32 Å². The first-order chi connectivity index (χ1) is 9.72. The quantitative estimate of drug-likeness (QED) is 0.871. The lowest BCUT2D eigenvalue weighted by Crippen LogP contribution is -2.06. The van der Waals surface area contributed by atoms with E-state index < -0.39 is 0 Å². The van der Waals surface area contributed by atoms with Gasteiger partial charge in [0.1, 0.15) is 11.5 Å². The van der Waals surface area contributed by atoms with Crippen LogP contribution in [0.5, 0.6) is 0 Å². The molecule has 0 atom stereocenters. The summed E-state index contributed by atoms with van der Waals surface area (Å²) in [5.41, 5.74) is 2.89. The van der Waals surface area contributed by atoms with E-state index in [-0.39, 0.29) is 0 Å². The van der Waals surface area contributed by atoms with Crippen LogP contribution in [0.4, 0.5) is 5.82 Å². The number of rotatable bonds is 6. The standard InChI is InChI=1S/C16H22N4/c1-4-7-13-11-15(17-10-5-2)20-16(19-13)14-9-6-8-12(3)18-14/h6,8-9,11H,4-5,7,10H2,1-3H3,(H,17,19,20). The first kappa shape index (κ1) is 14.4. The van der Waals surface area contributed by atoms with Crippen LogP contribution >= 0.6 is 0 Å². The van der Waals surface area contributed by atoms with Gasteiger partial charge in [0.25, 0.3) is 0 Å². The molecular formula is C16H22N4. The molecule has 4 heteroatoms. The van der Waals surface area contributed by atoms with E-state index in [0.29, 0.717) is 5.82 Å². The molecule has 0 spiro atoms. The van der Waals surface area contributed by atoms with E-state index in [0.717, 1.165) is 48.7 Å². The van der Waals surface area contributed by atoms with Crippen LogP contribution in [0.2, 0.25) is 0 Å². The van der Waals surface area contributed by atoms with Crippen molar-refractivity contribution in [1.29, 1.82) is 0 Å². The lowest BCUT2D eigenvalue weighted by molar-refractivity contribution is 0.870. The summed E-state index contributed by atoms with van der Waals surface area (Å²) in [6, 6.07) is 7.97. The average molecular weight is 270 g/mol. The molecule has 0 fully saturated rings. The molecule has 0 aromatic carbocycles. The van der Waals surface area contributed by atoms with Gasteiger partial charge < -0.3 is 5.32 Å². The Bertz CT molecular complexity index is 566. The zero-order valence-electron chi connectivity index (χ0n) is 12.5. The lowest BCUT2D eigenvalue weighted by atomic mass is 10.2. The Labute approximate surface area is 120 Å². The predicted molar refractivity (Wildman–Crippen MR) is 82.8 cm³/mol. The third-order valence-electron chi connectivity index (χ3n) is 2.96. The van der Waals surface area contributed by atoms with Gasteiger partial charge in [0, 0.05) is 24.0 Å². The maximum absolute atomic E-state index is 4.63. The minimum Gasteiger partial charge on any atom is -0.370 e. The van der Waals surface area contributed by atoms with E-state index in [9.17, 15) is 0 Å². The molecule has 0 aliphatic heterocycles. The number of nitrogens with zero attached hydrogens (tertiary/aromatic N) is 3. The van der Waals surface area contributed by atoms with Gasteiger partial charge in [-0.2, -0.15) is 0 Å². The van der Waals surface area contributed by atoms with Crippen molar-refractivity contribution in [3.05, 3.63) is 35.7 Å². The second-order valence-corrected chi connectivity index (χ2v) is 4.91. The number of aromatic nitrogens is 3. The van der Waals surface area contributed by atoms with Gasteiger partial charge in [-0.15, -0.1) is 0 Å². The van der Waals surface area contributed by atoms with Crippen molar-refractivity contribution in [2.45, 2.75) is 40.0 Å². The Morgan fingerprint density at radius 3 is 2.60 bits per heavy atom. The molecule has 2 aromatic rings. The molecule has 0 amide bonds. The minimum absolute atomic E-state index is 0.707. The lowest BCUT2D eigenvalue weighted by Gasteiger charge is -2.09. The van der Waals surface area contributed by atoms with Gasteiger partial charge in [0.05, 0.1) is 0 Å². The number of anilines is 1. The number of nitrogens with one attached hydrogen (secondary N) is 1. The molecule has 20 heavy (non-hydrogen) atoms. The first-order valence-corrected chi connectivity index (χ1v) is 7.28. The van der Waals surface area contributed by atoms with Gasteiger partial charge in [-0.05, 0) is 31.9 Å². The highest BCUT2D eigenvalue weighted by Crippen LogP contribution is 2.17. The van der Waals surface area contributed by atoms with Crippen molar-refractivity contribution in [3.63, 3.8) is 0 Å². The largest absolute Gasteiger partial charge is 0.370 e. The fourth-order valence-corrected chi connectivity index (χ4v) is 2.01. The number of pyridine rings is 1. The normalized spacial score (nSPS) is 10.6. The van der Waals surface area contributed by atoms with E-state index in [1.165, 1.54) is 0 Å². The second-order valence-electron chi connectivity index (χ2n) is 4.91. The number of hydrogen-bond acceptors (Lipinski definition) is 4. The molecule has 0 unspecified atom stereocenters. The Balaban J connectivity index is 2.37. The summed E-state index contributed by atoms with van der Waals surface area (Å²) in [6.07, 6.45) is 3.11. The molecule has 0 aliphatic rings. The monoisotopic (exact) mass is 270 g/mol. The van der Waals surface area contributed by atoms with Crippen molar-refractivity contribution < 1.29 is 0 Å². The summed E-state index contributed by atoms with van der Waals surface area (Å²) in [5, 5.41) is 3.34. The summed E-state index contributed by atoms with van der Waals surface area (Å²) in [7, 11) is 0. The molecule has 0 bridgehead atoms. The van der Waals surface area contributed by atoms with Crippen LogP contribution in [0.1, 0.15) is 38.1 Å². The van der Waals surface area contributed by atoms with Crippen LogP contribution in [0.25, 0.3) is 11.5 Å². The molecule has 0 saturated heterocycles. The molecule has 0 saturated carbocycles. The third kappa shape index (κ3) is 3.76. The first-order valence-electron chi connectivity index (χ1n) is 7.28. The van der Waals surface area contributed by atoms with Gasteiger partial charge in [0.15, 0.2) is 5.82 Å². The zero-order valence-corrected chi connectivity index (χ0v) is 12.5. The van der Waals surface area contributed by atoms with Crippen molar-refractivity contribution in [2.75, 3.05) is 11.9 Å². The maximum atomic E-state index is 4.63. The summed E-state index contributed by atoms with van der Waals surface area (Å²) >= 11 is 0. The van der Waals surface area contributed by atoms with Crippen LogP contribution in [-0.4, -0.2) is 21.5 Å². The topological polar surface area (TPSA) is 50.7 Å². The molecule has 0 aliphatic carbocycles. The number of hydrogen-bond donors (Lipinski definition) is 1. The highest BCUT2D eigenvalue weighted by molar-refractivity contribution is 5.53. The zero-order chi connectivity index (χ0) is 14.4. The maximum Gasteiger partial charge on any atom is 0.180 e. The smallest absolute Gasteiger partial charge is 0.180 e. The summed E-state index contributed by atoms with van der Waals surface area (Å²) in [6.45, 7) is 7.20. The van der Waals surface area contributed by atoms with Gasteiger partial charge in [-0.3, -0.25) is 0 Å². The molecular weight excluding hydrogens is 248 g/mol. The second kappa shape index (κ2) is 6.98. The Morgan fingerprint density at radius 1 is 1.05 bits per heavy atom. The summed E-state index contributed by atoms with van der Waals surface area (Å²) in [4.78, 5) is 13.7. The SMILES string of the molecule is CCCNc1cc(CCC)nc(-c2cccc(C)n2)n1. The Morgan fingerprint density at radius 2 is 1.90 bits per heavy atom. The van der Waals surface area contributed by atoms with Gasteiger partial charge in [-0.1, -0.05) is 26.3 Å². The number of aryl methyl sites for hydroxylation is 2. The van der Waals surface area contributed by atoms with Crippen molar-refractivity contribution in [1.82, 2.24) is 15.0 Å². The van der Waals surface area contributed by atoms with E-state index in [4.69, 9.17) is 0 Å². The van der Waals surface area contributed by atoms with E-state index in [1.54, 1.807) is 0 Å². The molecule has 0 radical (unpaired) electrons. The summed E-state index contributed by atoms with van der Waals surface area (Å²) in [5.74, 6) is 1.60. The highest BCUT2D eigenvalue weighted by Gasteiger charge is 2.08. The Hall–Kier alpha value is -1.97. The molecule has 4 nitrogen and oxygen atoms in total. The molecule has 2 rings (SSSR count). The van der Waals surface area contributed by atoms with Crippen molar-refractivity contribution in [2.24, 2.45) is 0 Å². The molecule has 2 aromatic heterocycles. The fraction of sp³-hybridized carbons (Fsp3) is 0.438. The fourth-order valence-electron chi connectivity index (χ4n) is 2.01. The van der Waals surface area contributed by atoms with Crippen LogP contribution in [0, 0.1) is 6.92 Å². The molecule has 1 N–H and O–H groups in total. The third-order valence-corrected chi connectivity index (χ3v) is 2.96. The van der Waals surface area contributed by atoms with Crippen LogP contribution in [0.3, 0.4) is 0 Å². The Kier molecular flexibility index (Phi) is 5.04. The van der Waals surface area contributed by atoms with E-state index in [1.807, 2.05) is 31.2 Å². The van der Waals surface area contributed by atoms with Crippen LogP contribution in [-0.2, 0) is 6.42 Å². The minimum atomic E-state index is 0.707. The van der Waals surface area contributed by atoms with Gasteiger partial charge in [0.2, 0.25) is 0 Å². The van der Waals surface area contributed by atoms with Gasteiger partial charge in [-0.25, -0.2) is 15.0 Å². The van der Waals surface area contributed by atoms with E-state index in [2.05, 4.69) is 34.1 Å². The van der Waals surface area contributed by atoms with Crippen molar-refractivity contribution in [3.8, 4) is 11.5 Å². The highest BCUT2D eigenvalue weighted by atomic mass is 15.0. The molecule has 2 heterocycles. The summed E-state index contributed by atoms with van der Waals surface area (Å²) < 4.78 is 0. The molecule has 106 valence electrons. The van der Waals surface area contributed by atoms with E-state index >= 15 is 0 Å².